The fraction of sp³-hybridized carbons (Fsp3) is 0.150. The minimum atomic E-state index is -0.169. The zero-order valence-electron chi connectivity index (χ0n) is 12.2. The van der Waals surface area contributed by atoms with Gasteiger partial charge in [0.15, 0.2) is 0 Å². The smallest absolute Gasteiger partial charge is 0.150 e. The number of aldehydes is 1. The second kappa shape index (κ2) is 5.17. The van der Waals surface area contributed by atoms with Gasteiger partial charge in [-0.15, -0.1) is 6.58 Å². The lowest BCUT2D eigenvalue weighted by Gasteiger charge is -2.30. The minimum absolute atomic E-state index is 0.169. The number of fused-ring (bicyclic) bond motifs is 1. The Hall–Kier alpha value is -2.41. The van der Waals surface area contributed by atoms with Crippen LogP contribution in [0.15, 0.2) is 61.2 Å². The fourth-order valence-electron chi connectivity index (χ4n) is 3.32. The molecular formula is C20H18O. The number of hydrogen-bond donors (Lipinski definition) is 0. The summed E-state index contributed by atoms with van der Waals surface area (Å²) in [5.41, 5.74) is 5.40. The van der Waals surface area contributed by atoms with Crippen molar-refractivity contribution in [1.29, 1.82) is 0 Å². The van der Waals surface area contributed by atoms with Crippen LogP contribution in [0.5, 0.6) is 0 Å². The highest BCUT2D eigenvalue weighted by atomic mass is 16.1. The van der Waals surface area contributed by atoms with E-state index < -0.39 is 0 Å². The van der Waals surface area contributed by atoms with E-state index in [0.29, 0.717) is 5.56 Å². The molecule has 21 heavy (non-hydrogen) atoms. The summed E-state index contributed by atoms with van der Waals surface area (Å²) in [6.45, 7) is 6.27. The molecular weight excluding hydrogens is 256 g/mol. The molecule has 2 aromatic rings. The molecule has 0 N–H and O–H groups in total. The van der Waals surface area contributed by atoms with Crippen LogP contribution in [0.2, 0.25) is 0 Å². The first kappa shape index (κ1) is 13.6. The maximum absolute atomic E-state index is 11.1. The number of hydrogen-bond acceptors (Lipinski definition) is 1. The molecule has 0 radical (unpaired) electrons. The van der Waals surface area contributed by atoms with Crippen LogP contribution in [0.25, 0.3) is 11.6 Å². The van der Waals surface area contributed by atoms with Gasteiger partial charge in [-0.2, -0.15) is 0 Å². The lowest BCUT2D eigenvalue weighted by Crippen LogP contribution is -2.21. The second-order valence-electron chi connectivity index (χ2n) is 5.42. The molecule has 0 spiro atoms. The van der Waals surface area contributed by atoms with Gasteiger partial charge in [0, 0.05) is 11.0 Å². The molecule has 1 unspecified atom stereocenters. The van der Waals surface area contributed by atoms with Crippen molar-refractivity contribution in [3.05, 3.63) is 83.4 Å². The second-order valence-corrected chi connectivity index (χ2v) is 5.42. The Balaban J connectivity index is 2.22. The summed E-state index contributed by atoms with van der Waals surface area (Å²) in [5, 5.41) is 0. The highest BCUT2D eigenvalue weighted by Crippen LogP contribution is 2.49. The average Bonchev–Trinajstić information content (AvgIpc) is 2.89. The molecule has 0 bridgehead atoms. The Morgan fingerprint density at radius 3 is 2.67 bits per heavy atom. The van der Waals surface area contributed by atoms with E-state index in [-0.39, 0.29) is 5.41 Å². The van der Waals surface area contributed by atoms with Crippen molar-refractivity contribution in [3.63, 3.8) is 0 Å². The van der Waals surface area contributed by atoms with E-state index in [0.717, 1.165) is 18.3 Å². The topological polar surface area (TPSA) is 17.1 Å². The van der Waals surface area contributed by atoms with Crippen LogP contribution in [0.1, 0.15) is 40.4 Å². The molecule has 0 aromatic heterocycles. The van der Waals surface area contributed by atoms with Gasteiger partial charge in [0.1, 0.15) is 6.29 Å². The molecule has 0 saturated carbocycles. The number of allylic oxidation sites excluding steroid dienone is 2. The third-order valence-electron chi connectivity index (χ3n) is 4.46. The number of carbonyl (C=O) groups is 1. The van der Waals surface area contributed by atoms with E-state index in [1.165, 1.54) is 16.7 Å². The third kappa shape index (κ3) is 1.97. The van der Waals surface area contributed by atoms with Gasteiger partial charge >= 0.3 is 0 Å². The van der Waals surface area contributed by atoms with Crippen LogP contribution in [-0.4, -0.2) is 6.29 Å². The Morgan fingerprint density at radius 1 is 1.14 bits per heavy atom. The van der Waals surface area contributed by atoms with E-state index >= 15 is 0 Å². The molecule has 3 rings (SSSR count). The van der Waals surface area contributed by atoms with Crippen LogP contribution in [0, 0.1) is 0 Å². The van der Waals surface area contributed by atoms with E-state index in [1.54, 1.807) is 0 Å². The molecule has 0 aliphatic heterocycles. The van der Waals surface area contributed by atoms with E-state index in [4.69, 9.17) is 0 Å². The molecule has 104 valence electrons. The van der Waals surface area contributed by atoms with Gasteiger partial charge in [-0.25, -0.2) is 0 Å². The summed E-state index contributed by atoms with van der Waals surface area (Å²) in [6, 6.07) is 16.2. The van der Waals surface area contributed by atoms with Gasteiger partial charge in [0.05, 0.1) is 0 Å². The first-order valence-electron chi connectivity index (χ1n) is 7.26. The molecule has 0 fully saturated rings. The predicted molar refractivity (Wildman–Crippen MR) is 88.3 cm³/mol. The lowest BCUT2D eigenvalue weighted by atomic mass is 9.73. The summed E-state index contributed by atoms with van der Waals surface area (Å²) in [5.74, 6) is 0. The Labute approximate surface area is 125 Å². The largest absolute Gasteiger partial charge is 0.298 e. The summed E-state index contributed by atoms with van der Waals surface area (Å²) >= 11 is 0. The standard InChI is InChI=1S/C20H18O/c1-3-20(4-2)18-11-6-5-9-17(18)13-19(20)16-10-7-8-15(12-16)14-21/h3,5-14H,1,4H2,2H3. The van der Waals surface area contributed by atoms with Crippen molar-refractivity contribution in [2.75, 3.05) is 0 Å². The molecule has 1 heteroatoms. The minimum Gasteiger partial charge on any atom is -0.298 e. The normalized spacial score (nSPS) is 19.8. The monoisotopic (exact) mass is 274 g/mol. The van der Waals surface area contributed by atoms with Crippen molar-refractivity contribution < 1.29 is 4.79 Å². The maximum atomic E-state index is 11.1. The maximum Gasteiger partial charge on any atom is 0.150 e. The SMILES string of the molecule is C=CC1(CC)C(c2cccc(C=O)c2)=Cc2ccccc21. The van der Waals surface area contributed by atoms with E-state index in [9.17, 15) is 4.79 Å². The van der Waals surface area contributed by atoms with Crippen LogP contribution in [0.4, 0.5) is 0 Å². The van der Waals surface area contributed by atoms with Crippen LogP contribution in [-0.2, 0) is 5.41 Å². The molecule has 1 atom stereocenters. The predicted octanol–water partition coefficient (Wildman–Crippen LogP) is 4.89. The lowest BCUT2D eigenvalue weighted by molar-refractivity contribution is 0.112. The van der Waals surface area contributed by atoms with Crippen molar-refractivity contribution in [3.8, 4) is 0 Å². The molecule has 0 amide bonds. The Morgan fingerprint density at radius 2 is 1.95 bits per heavy atom. The van der Waals surface area contributed by atoms with E-state index in [2.05, 4.69) is 49.9 Å². The average molecular weight is 274 g/mol. The molecule has 1 aliphatic carbocycles. The number of benzene rings is 2. The summed E-state index contributed by atoms with van der Waals surface area (Å²) < 4.78 is 0. The van der Waals surface area contributed by atoms with Crippen LogP contribution < -0.4 is 0 Å². The highest BCUT2D eigenvalue weighted by Gasteiger charge is 2.37. The van der Waals surface area contributed by atoms with Gasteiger partial charge in [0.2, 0.25) is 0 Å². The summed E-state index contributed by atoms with van der Waals surface area (Å²) in [6.07, 6.45) is 6.11. The highest BCUT2D eigenvalue weighted by molar-refractivity contribution is 5.96. The quantitative estimate of drug-likeness (QED) is 0.573. The number of carbonyl (C=O) groups excluding carboxylic acids is 1. The van der Waals surface area contributed by atoms with Gasteiger partial charge in [-0.1, -0.05) is 55.5 Å². The first-order valence-corrected chi connectivity index (χ1v) is 7.26. The van der Waals surface area contributed by atoms with E-state index in [1.807, 2.05) is 24.3 Å². The van der Waals surface area contributed by atoms with Crippen molar-refractivity contribution in [1.82, 2.24) is 0 Å². The van der Waals surface area contributed by atoms with Crippen LogP contribution in [0.3, 0.4) is 0 Å². The van der Waals surface area contributed by atoms with Crippen molar-refractivity contribution in [2.45, 2.75) is 18.8 Å². The number of rotatable bonds is 4. The first-order chi connectivity index (χ1) is 10.2. The van der Waals surface area contributed by atoms with Gasteiger partial charge in [-0.3, -0.25) is 4.79 Å². The molecule has 2 aromatic carbocycles. The Kier molecular flexibility index (Phi) is 3.34. The molecule has 0 heterocycles. The fourth-order valence-corrected chi connectivity index (χ4v) is 3.32. The zero-order chi connectivity index (χ0) is 14.9. The zero-order valence-corrected chi connectivity index (χ0v) is 12.2. The van der Waals surface area contributed by atoms with Gasteiger partial charge < -0.3 is 0 Å². The summed E-state index contributed by atoms with van der Waals surface area (Å²) in [4.78, 5) is 11.1. The molecule has 1 nitrogen and oxygen atoms in total. The van der Waals surface area contributed by atoms with Crippen molar-refractivity contribution >= 4 is 17.9 Å². The third-order valence-corrected chi connectivity index (χ3v) is 4.46. The van der Waals surface area contributed by atoms with Crippen molar-refractivity contribution in [2.24, 2.45) is 0 Å². The van der Waals surface area contributed by atoms with Gasteiger partial charge in [0.25, 0.3) is 0 Å². The van der Waals surface area contributed by atoms with Gasteiger partial charge in [-0.05, 0) is 40.8 Å². The molecule has 1 aliphatic rings. The van der Waals surface area contributed by atoms with Crippen LogP contribution >= 0.6 is 0 Å². The molecule has 0 saturated heterocycles. The Bertz CT molecular complexity index is 739. The summed E-state index contributed by atoms with van der Waals surface area (Å²) in [7, 11) is 0.